The molecule has 0 aliphatic heterocycles. The van der Waals surface area contributed by atoms with E-state index in [4.69, 9.17) is 4.74 Å². The lowest BCUT2D eigenvalue weighted by Gasteiger charge is -2.42. The van der Waals surface area contributed by atoms with Crippen LogP contribution in [-0.2, 0) is 16.0 Å². The number of anilines is 1. The van der Waals surface area contributed by atoms with E-state index >= 15 is 0 Å². The minimum Gasteiger partial charge on any atom is -0.385 e. The predicted molar refractivity (Wildman–Crippen MR) is 111 cm³/mol. The number of methoxy groups -OCH3 is 1. The molecule has 0 atom stereocenters. The fraction of sp³-hybridized carbons (Fsp3) is 0.619. The summed E-state index contributed by atoms with van der Waals surface area (Å²) in [4.78, 5) is 16.7. The highest BCUT2D eigenvalue weighted by Crippen LogP contribution is 2.43. The number of hydrogen-bond acceptors (Lipinski definition) is 3. The van der Waals surface area contributed by atoms with Crippen LogP contribution in [0.4, 0.5) is 5.69 Å². The molecule has 1 amide bonds. The van der Waals surface area contributed by atoms with Crippen LogP contribution in [0.25, 0.3) is 0 Å². The number of aliphatic imine (C=N–C) groups is 1. The number of aryl methyl sites for hydroxylation is 1. The first-order valence-electron chi connectivity index (χ1n) is 10.0. The van der Waals surface area contributed by atoms with Gasteiger partial charge in [0.1, 0.15) is 6.54 Å². The Balaban J connectivity index is 1.87. The number of carbonyl (C=O) groups excluding carboxylic acids is 1. The summed E-state index contributed by atoms with van der Waals surface area (Å²) in [6.07, 6.45) is 5.72. The quantitative estimate of drug-likeness (QED) is 0.435. The Labute approximate surface area is 163 Å². The number of rotatable bonds is 10. The molecule has 0 bridgehead atoms. The molecule has 3 N–H and O–H groups in total. The average Bonchev–Trinajstić information content (AvgIpc) is 2.65. The van der Waals surface area contributed by atoms with Crippen molar-refractivity contribution in [1.29, 1.82) is 0 Å². The maximum Gasteiger partial charge on any atom is 0.246 e. The van der Waals surface area contributed by atoms with Crippen LogP contribution >= 0.6 is 0 Å². The van der Waals surface area contributed by atoms with Crippen LogP contribution in [0.15, 0.2) is 29.3 Å². The molecule has 0 unspecified atom stereocenters. The maximum atomic E-state index is 12.2. The van der Waals surface area contributed by atoms with Gasteiger partial charge in [-0.15, -0.1) is 0 Å². The van der Waals surface area contributed by atoms with Gasteiger partial charge in [0.05, 0.1) is 0 Å². The number of hydrogen-bond donors (Lipinski definition) is 3. The smallest absolute Gasteiger partial charge is 0.246 e. The van der Waals surface area contributed by atoms with E-state index in [9.17, 15) is 4.79 Å². The van der Waals surface area contributed by atoms with E-state index in [0.29, 0.717) is 11.4 Å². The van der Waals surface area contributed by atoms with Crippen molar-refractivity contribution in [2.24, 2.45) is 10.4 Å². The molecule has 0 heterocycles. The van der Waals surface area contributed by atoms with Crippen LogP contribution < -0.4 is 16.0 Å². The molecule has 6 nitrogen and oxygen atoms in total. The van der Waals surface area contributed by atoms with Crippen LogP contribution in [0.5, 0.6) is 0 Å². The molecule has 150 valence electrons. The summed E-state index contributed by atoms with van der Waals surface area (Å²) in [5, 5.41) is 9.56. The number of nitrogens with one attached hydrogen (secondary N) is 3. The molecular weight excluding hydrogens is 340 g/mol. The highest BCUT2D eigenvalue weighted by molar-refractivity contribution is 5.94. The summed E-state index contributed by atoms with van der Waals surface area (Å²) >= 11 is 0. The number of benzene rings is 1. The van der Waals surface area contributed by atoms with Gasteiger partial charge in [-0.3, -0.25) is 4.79 Å². The Morgan fingerprint density at radius 3 is 2.70 bits per heavy atom. The van der Waals surface area contributed by atoms with Crippen LogP contribution in [0.3, 0.4) is 0 Å². The highest BCUT2D eigenvalue weighted by atomic mass is 16.5. The predicted octanol–water partition coefficient (Wildman–Crippen LogP) is 2.95. The van der Waals surface area contributed by atoms with Gasteiger partial charge in [-0.1, -0.05) is 25.5 Å². The molecule has 1 aromatic carbocycles. The third-order valence-corrected chi connectivity index (χ3v) is 5.23. The molecule has 0 aromatic heterocycles. The Hall–Kier alpha value is -2.08. The summed E-state index contributed by atoms with van der Waals surface area (Å²) in [6, 6.07) is 7.92. The van der Waals surface area contributed by atoms with Crippen molar-refractivity contribution in [2.45, 2.75) is 46.0 Å². The molecule has 1 fully saturated rings. The van der Waals surface area contributed by atoms with Gasteiger partial charge in [0.2, 0.25) is 5.91 Å². The van der Waals surface area contributed by atoms with Gasteiger partial charge in [0, 0.05) is 32.5 Å². The average molecular weight is 375 g/mol. The van der Waals surface area contributed by atoms with Gasteiger partial charge in [0.15, 0.2) is 5.96 Å². The Morgan fingerprint density at radius 2 is 2.07 bits per heavy atom. The molecule has 1 saturated carbocycles. The van der Waals surface area contributed by atoms with Gasteiger partial charge in [0.25, 0.3) is 0 Å². The van der Waals surface area contributed by atoms with Crippen molar-refractivity contribution in [3.8, 4) is 0 Å². The van der Waals surface area contributed by atoms with Crippen molar-refractivity contribution < 1.29 is 9.53 Å². The molecular formula is C21H34N4O2. The zero-order chi connectivity index (χ0) is 19.5. The van der Waals surface area contributed by atoms with E-state index in [0.717, 1.165) is 38.2 Å². The zero-order valence-corrected chi connectivity index (χ0v) is 16.9. The fourth-order valence-corrected chi connectivity index (χ4v) is 3.34. The molecule has 0 radical (unpaired) electrons. The maximum absolute atomic E-state index is 12.2. The Morgan fingerprint density at radius 1 is 1.26 bits per heavy atom. The largest absolute Gasteiger partial charge is 0.385 e. The van der Waals surface area contributed by atoms with Crippen molar-refractivity contribution in [2.75, 3.05) is 38.7 Å². The lowest BCUT2D eigenvalue weighted by atomic mass is 9.67. The Kier molecular flexibility index (Phi) is 8.58. The number of carbonyl (C=O) groups is 1. The molecule has 6 heteroatoms. The summed E-state index contributed by atoms with van der Waals surface area (Å²) in [5.74, 6) is 0.580. The number of nitrogens with zero attached hydrogens (tertiary/aromatic N) is 1. The van der Waals surface area contributed by atoms with E-state index in [-0.39, 0.29) is 12.5 Å². The molecule has 1 aromatic rings. The number of amides is 1. The lowest BCUT2D eigenvalue weighted by molar-refractivity contribution is -0.114. The SMILES string of the molecule is CCNC(=NCC(=O)Nc1cccc(CC)c1)NCC1(CCOC)CCC1. The number of ether oxygens (including phenoxy) is 1. The standard InChI is InChI=1S/C21H34N4O2/c1-4-17-8-6-9-18(14-17)25-19(26)15-23-20(22-5-2)24-16-21(10-7-11-21)12-13-27-3/h6,8-9,14H,4-5,7,10-13,15-16H2,1-3H3,(H,25,26)(H2,22,23,24). The molecule has 1 aliphatic rings. The van der Waals surface area contributed by atoms with Gasteiger partial charge in [-0.2, -0.15) is 0 Å². The zero-order valence-electron chi connectivity index (χ0n) is 16.9. The molecule has 1 aliphatic carbocycles. The van der Waals surface area contributed by atoms with Crippen molar-refractivity contribution >= 4 is 17.6 Å². The topological polar surface area (TPSA) is 74.8 Å². The van der Waals surface area contributed by atoms with E-state index in [1.807, 2.05) is 25.1 Å². The molecule has 0 spiro atoms. The van der Waals surface area contributed by atoms with Crippen LogP contribution in [0, 0.1) is 5.41 Å². The second-order valence-corrected chi connectivity index (χ2v) is 7.25. The summed E-state index contributed by atoms with van der Waals surface area (Å²) in [7, 11) is 1.75. The van der Waals surface area contributed by atoms with Crippen molar-refractivity contribution in [3.05, 3.63) is 29.8 Å². The molecule has 27 heavy (non-hydrogen) atoms. The monoisotopic (exact) mass is 374 g/mol. The minimum atomic E-state index is -0.113. The van der Waals surface area contributed by atoms with Crippen LogP contribution in [-0.4, -0.2) is 45.2 Å². The van der Waals surface area contributed by atoms with Crippen molar-refractivity contribution in [3.63, 3.8) is 0 Å². The van der Waals surface area contributed by atoms with E-state index < -0.39 is 0 Å². The summed E-state index contributed by atoms with van der Waals surface area (Å²) < 4.78 is 5.25. The van der Waals surface area contributed by atoms with Crippen LogP contribution in [0.2, 0.25) is 0 Å². The first-order chi connectivity index (χ1) is 13.1. The fourth-order valence-electron chi connectivity index (χ4n) is 3.34. The second kappa shape index (κ2) is 10.9. The van der Waals surface area contributed by atoms with E-state index in [2.05, 4.69) is 33.9 Å². The van der Waals surface area contributed by atoms with E-state index in [1.165, 1.54) is 24.8 Å². The lowest BCUT2D eigenvalue weighted by Crippen LogP contribution is -2.47. The highest BCUT2D eigenvalue weighted by Gasteiger charge is 2.36. The first kappa shape index (κ1) is 21.2. The van der Waals surface area contributed by atoms with Gasteiger partial charge in [-0.05, 0) is 55.7 Å². The Bertz CT molecular complexity index is 626. The molecule has 2 rings (SSSR count). The van der Waals surface area contributed by atoms with Gasteiger partial charge < -0.3 is 20.7 Å². The third kappa shape index (κ3) is 6.86. The normalized spacial score (nSPS) is 15.7. The number of guanidine groups is 1. The third-order valence-electron chi connectivity index (χ3n) is 5.23. The van der Waals surface area contributed by atoms with Gasteiger partial charge in [-0.25, -0.2) is 4.99 Å². The van der Waals surface area contributed by atoms with Crippen LogP contribution in [0.1, 0.15) is 45.1 Å². The molecule has 0 saturated heterocycles. The van der Waals surface area contributed by atoms with Crippen molar-refractivity contribution in [1.82, 2.24) is 10.6 Å². The summed E-state index contributed by atoms with van der Waals surface area (Å²) in [5.41, 5.74) is 2.32. The minimum absolute atomic E-state index is 0.0940. The second-order valence-electron chi connectivity index (χ2n) is 7.25. The van der Waals surface area contributed by atoms with E-state index in [1.54, 1.807) is 7.11 Å². The van der Waals surface area contributed by atoms with Gasteiger partial charge >= 0.3 is 0 Å². The summed E-state index contributed by atoms with van der Waals surface area (Å²) in [6.45, 7) is 6.63. The first-order valence-corrected chi connectivity index (χ1v) is 10.0.